The molecule has 0 bridgehead atoms. The minimum atomic E-state index is -0.375. The maximum Gasteiger partial charge on any atom is 0.331 e. The van der Waals surface area contributed by atoms with Crippen molar-refractivity contribution in [3.63, 3.8) is 0 Å². The highest BCUT2D eigenvalue weighted by molar-refractivity contribution is 5.91. The third-order valence-corrected chi connectivity index (χ3v) is 4.48. The molecule has 0 unspecified atom stereocenters. The van der Waals surface area contributed by atoms with Crippen molar-refractivity contribution in [3.05, 3.63) is 102 Å². The van der Waals surface area contributed by atoms with Crippen LogP contribution in [-0.4, -0.2) is 12.6 Å². The number of esters is 1. The maximum atomic E-state index is 11.9. The van der Waals surface area contributed by atoms with Gasteiger partial charge in [-0.25, -0.2) is 4.79 Å². The fourth-order valence-electron chi connectivity index (χ4n) is 2.95. The highest BCUT2D eigenvalue weighted by Crippen LogP contribution is 2.31. The summed E-state index contributed by atoms with van der Waals surface area (Å²) >= 11 is 0. The third-order valence-electron chi connectivity index (χ3n) is 4.48. The smallest absolute Gasteiger partial charge is 0.331 e. The minimum absolute atomic E-state index is 0.334. The number of hydrogen-bond acceptors (Lipinski definition) is 4. The van der Waals surface area contributed by atoms with Crippen LogP contribution in [0.2, 0.25) is 0 Å². The van der Waals surface area contributed by atoms with Gasteiger partial charge in [0.2, 0.25) is 0 Å². The quantitative estimate of drug-likeness (QED) is 0.335. The molecular weight excluding hydrogens is 376 g/mol. The van der Waals surface area contributed by atoms with Crippen LogP contribution in [0.1, 0.15) is 30.5 Å². The van der Waals surface area contributed by atoms with Crippen molar-refractivity contribution in [2.24, 2.45) is 0 Å². The SMILES string of the molecule is CCOC(=O)/C=C(/C)c1cc(OCc2ccccc2)ccc1OCc1ccccc1. The van der Waals surface area contributed by atoms with Crippen molar-refractivity contribution in [2.75, 3.05) is 6.61 Å². The molecule has 154 valence electrons. The molecule has 0 radical (unpaired) electrons. The van der Waals surface area contributed by atoms with E-state index in [4.69, 9.17) is 14.2 Å². The van der Waals surface area contributed by atoms with E-state index in [0.29, 0.717) is 31.3 Å². The van der Waals surface area contributed by atoms with E-state index >= 15 is 0 Å². The number of carbonyl (C=O) groups is 1. The van der Waals surface area contributed by atoms with E-state index < -0.39 is 0 Å². The average molecular weight is 402 g/mol. The molecule has 0 spiro atoms. The van der Waals surface area contributed by atoms with Crippen LogP contribution in [0, 0.1) is 0 Å². The van der Waals surface area contributed by atoms with Crippen molar-refractivity contribution in [1.82, 2.24) is 0 Å². The zero-order valence-electron chi connectivity index (χ0n) is 17.3. The van der Waals surface area contributed by atoms with E-state index in [1.807, 2.05) is 85.8 Å². The van der Waals surface area contributed by atoms with Gasteiger partial charge in [0.25, 0.3) is 0 Å². The van der Waals surface area contributed by atoms with Crippen molar-refractivity contribution in [3.8, 4) is 11.5 Å². The van der Waals surface area contributed by atoms with Crippen LogP contribution in [0.4, 0.5) is 0 Å². The summed E-state index contributed by atoms with van der Waals surface area (Å²) in [5, 5.41) is 0. The molecule has 0 saturated heterocycles. The summed E-state index contributed by atoms with van der Waals surface area (Å²) in [5.74, 6) is 1.01. The molecule has 0 atom stereocenters. The van der Waals surface area contributed by atoms with Crippen LogP contribution in [0.5, 0.6) is 11.5 Å². The van der Waals surface area contributed by atoms with Crippen LogP contribution >= 0.6 is 0 Å². The van der Waals surface area contributed by atoms with Gasteiger partial charge in [-0.1, -0.05) is 60.7 Å². The molecule has 0 aliphatic carbocycles. The van der Waals surface area contributed by atoms with E-state index in [1.165, 1.54) is 6.08 Å². The van der Waals surface area contributed by atoms with E-state index in [9.17, 15) is 4.79 Å². The monoisotopic (exact) mass is 402 g/mol. The van der Waals surface area contributed by atoms with Crippen molar-refractivity contribution < 1.29 is 19.0 Å². The average Bonchev–Trinajstić information content (AvgIpc) is 2.78. The van der Waals surface area contributed by atoms with Crippen LogP contribution in [0.3, 0.4) is 0 Å². The van der Waals surface area contributed by atoms with Gasteiger partial charge in [0, 0.05) is 11.6 Å². The highest BCUT2D eigenvalue weighted by atomic mass is 16.5. The van der Waals surface area contributed by atoms with E-state index in [2.05, 4.69) is 0 Å². The molecule has 30 heavy (non-hydrogen) atoms. The fraction of sp³-hybridized carbons (Fsp3) is 0.192. The number of ether oxygens (including phenoxy) is 3. The molecule has 4 heteroatoms. The summed E-state index contributed by atoms with van der Waals surface area (Å²) in [6.45, 7) is 4.88. The Balaban J connectivity index is 1.81. The first-order valence-corrected chi connectivity index (χ1v) is 9.98. The van der Waals surface area contributed by atoms with Gasteiger partial charge in [-0.05, 0) is 48.7 Å². The van der Waals surface area contributed by atoms with Crippen molar-refractivity contribution >= 4 is 11.5 Å². The lowest BCUT2D eigenvalue weighted by Gasteiger charge is -2.15. The number of carbonyl (C=O) groups excluding carboxylic acids is 1. The summed E-state index contributed by atoms with van der Waals surface area (Å²) in [7, 11) is 0. The predicted molar refractivity (Wildman–Crippen MR) is 118 cm³/mol. The van der Waals surface area contributed by atoms with Gasteiger partial charge in [0.15, 0.2) is 0 Å². The van der Waals surface area contributed by atoms with Gasteiger partial charge in [-0.3, -0.25) is 0 Å². The second-order valence-corrected chi connectivity index (χ2v) is 6.79. The first-order chi connectivity index (χ1) is 14.7. The van der Waals surface area contributed by atoms with Crippen LogP contribution in [0.25, 0.3) is 5.57 Å². The number of allylic oxidation sites excluding steroid dienone is 1. The fourth-order valence-corrected chi connectivity index (χ4v) is 2.95. The predicted octanol–water partition coefficient (Wildman–Crippen LogP) is 5.81. The zero-order chi connectivity index (χ0) is 21.2. The Labute approximate surface area is 177 Å². The van der Waals surface area contributed by atoms with Gasteiger partial charge < -0.3 is 14.2 Å². The Morgan fingerprint density at radius 1 is 0.833 bits per heavy atom. The molecular formula is C26H26O4. The molecule has 4 nitrogen and oxygen atoms in total. The van der Waals surface area contributed by atoms with E-state index in [-0.39, 0.29) is 5.97 Å². The second kappa shape index (κ2) is 10.9. The molecule has 3 aromatic rings. The molecule has 3 rings (SSSR count). The Kier molecular flexibility index (Phi) is 7.67. The lowest BCUT2D eigenvalue weighted by atomic mass is 10.1. The minimum Gasteiger partial charge on any atom is -0.489 e. The van der Waals surface area contributed by atoms with E-state index in [1.54, 1.807) is 6.92 Å². The number of benzene rings is 3. The largest absolute Gasteiger partial charge is 0.489 e. The van der Waals surface area contributed by atoms with Gasteiger partial charge >= 0.3 is 5.97 Å². The summed E-state index contributed by atoms with van der Waals surface area (Å²) < 4.78 is 17.1. The molecule has 3 aromatic carbocycles. The van der Waals surface area contributed by atoms with Crippen LogP contribution in [0.15, 0.2) is 84.9 Å². The van der Waals surface area contributed by atoms with Gasteiger partial charge in [-0.2, -0.15) is 0 Å². The van der Waals surface area contributed by atoms with E-state index in [0.717, 1.165) is 22.3 Å². The summed E-state index contributed by atoms with van der Waals surface area (Å²) in [6, 6.07) is 25.6. The third kappa shape index (κ3) is 6.24. The molecule has 0 aromatic heterocycles. The van der Waals surface area contributed by atoms with Gasteiger partial charge in [0.05, 0.1) is 6.61 Å². The molecule has 0 aliphatic heterocycles. The van der Waals surface area contributed by atoms with Crippen LogP contribution in [-0.2, 0) is 22.7 Å². The van der Waals surface area contributed by atoms with Crippen molar-refractivity contribution in [2.45, 2.75) is 27.1 Å². The Morgan fingerprint density at radius 3 is 2.03 bits per heavy atom. The first kappa shape index (κ1) is 21.2. The molecule has 0 amide bonds. The lowest BCUT2D eigenvalue weighted by molar-refractivity contribution is -0.137. The van der Waals surface area contributed by atoms with Gasteiger partial charge in [-0.15, -0.1) is 0 Å². The summed E-state index contributed by atoms with van der Waals surface area (Å²) in [4.78, 5) is 11.9. The lowest BCUT2D eigenvalue weighted by Crippen LogP contribution is -2.02. The van der Waals surface area contributed by atoms with Crippen molar-refractivity contribution in [1.29, 1.82) is 0 Å². The summed E-state index contributed by atoms with van der Waals surface area (Å²) in [5.41, 5.74) is 3.70. The highest BCUT2D eigenvalue weighted by Gasteiger charge is 2.11. The first-order valence-electron chi connectivity index (χ1n) is 9.98. The Bertz CT molecular complexity index is 978. The number of hydrogen-bond donors (Lipinski definition) is 0. The second-order valence-electron chi connectivity index (χ2n) is 6.79. The maximum absolute atomic E-state index is 11.9. The Hall–Kier alpha value is -3.53. The number of rotatable bonds is 9. The summed E-state index contributed by atoms with van der Waals surface area (Å²) in [6.07, 6.45) is 1.48. The Morgan fingerprint density at radius 2 is 1.43 bits per heavy atom. The van der Waals surface area contributed by atoms with Gasteiger partial charge in [0.1, 0.15) is 24.7 Å². The normalized spacial score (nSPS) is 11.1. The zero-order valence-corrected chi connectivity index (χ0v) is 17.3. The standard InChI is InChI=1S/C26H26O4/c1-3-28-26(27)16-20(2)24-17-23(29-18-21-10-6-4-7-11-21)14-15-25(24)30-19-22-12-8-5-9-13-22/h4-17H,3,18-19H2,1-2H3/b20-16-. The molecule has 0 aliphatic rings. The van der Waals surface area contributed by atoms with Crippen LogP contribution < -0.4 is 9.47 Å². The molecule has 0 fully saturated rings. The molecule has 0 saturated carbocycles. The molecule has 0 N–H and O–H groups in total. The molecule has 0 heterocycles. The topological polar surface area (TPSA) is 44.8 Å².